The van der Waals surface area contributed by atoms with Crippen LogP contribution in [0.5, 0.6) is 5.75 Å². The zero-order chi connectivity index (χ0) is 15.9. The van der Waals surface area contributed by atoms with Crippen LogP contribution in [0.15, 0.2) is 24.3 Å². The Kier molecular flexibility index (Phi) is 6.01. The molecular formula is C13H14F3NO4. The first-order chi connectivity index (χ1) is 9.80. The number of alkyl halides is 3. The Bertz CT molecular complexity index is 485. The van der Waals surface area contributed by atoms with Crippen molar-refractivity contribution in [3.63, 3.8) is 0 Å². The lowest BCUT2D eigenvalue weighted by Crippen LogP contribution is -2.17. The normalized spacial score (nSPS) is 10.9. The van der Waals surface area contributed by atoms with Crippen molar-refractivity contribution in [2.24, 2.45) is 0 Å². The van der Waals surface area contributed by atoms with E-state index in [9.17, 15) is 22.8 Å². The molecule has 0 aliphatic carbocycles. The van der Waals surface area contributed by atoms with Gasteiger partial charge in [-0.2, -0.15) is 0 Å². The molecule has 21 heavy (non-hydrogen) atoms. The van der Waals surface area contributed by atoms with Crippen molar-refractivity contribution in [1.29, 1.82) is 0 Å². The molecule has 0 aliphatic heterocycles. The number of hydrogen-bond acceptors (Lipinski definition) is 4. The van der Waals surface area contributed by atoms with E-state index < -0.39 is 18.2 Å². The van der Waals surface area contributed by atoms with Gasteiger partial charge < -0.3 is 14.8 Å². The summed E-state index contributed by atoms with van der Waals surface area (Å²) in [6, 6.07) is 4.69. The lowest BCUT2D eigenvalue weighted by Gasteiger charge is -2.09. The zero-order valence-corrected chi connectivity index (χ0v) is 11.2. The minimum Gasteiger partial charge on any atom is -0.466 e. The van der Waals surface area contributed by atoms with Crippen molar-refractivity contribution in [3.8, 4) is 5.75 Å². The monoisotopic (exact) mass is 305 g/mol. The molecule has 0 spiro atoms. The lowest BCUT2D eigenvalue weighted by atomic mass is 10.2. The van der Waals surface area contributed by atoms with Gasteiger partial charge in [-0.05, 0) is 31.2 Å². The van der Waals surface area contributed by atoms with E-state index in [1.54, 1.807) is 6.92 Å². The highest BCUT2D eigenvalue weighted by atomic mass is 19.4. The van der Waals surface area contributed by atoms with Crippen LogP contribution in [0.25, 0.3) is 0 Å². The highest BCUT2D eigenvalue weighted by Gasteiger charge is 2.30. The Morgan fingerprint density at radius 3 is 2.29 bits per heavy atom. The SMILES string of the molecule is CCOC(=O)CCC(=O)Nc1ccc(OC(F)(F)F)cc1. The first-order valence-corrected chi connectivity index (χ1v) is 6.11. The van der Waals surface area contributed by atoms with Crippen molar-refractivity contribution in [1.82, 2.24) is 0 Å². The molecule has 116 valence electrons. The van der Waals surface area contributed by atoms with Crippen molar-refractivity contribution in [2.75, 3.05) is 11.9 Å². The maximum absolute atomic E-state index is 12.0. The first kappa shape index (κ1) is 16.8. The Hall–Kier alpha value is -2.25. The number of nitrogens with one attached hydrogen (secondary N) is 1. The molecule has 0 unspecified atom stereocenters. The van der Waals surface area contributed by atoms with Crippen LogP contribution < -0.4 is 10.1 Å². The number of carbonyl (C=O) groups is 2. The van der Waals surface area contributed by atoms with Gasteiger partial charge in [0.2, 0.25) is 5.91 Å². The molecule has 1 N–H and O–H groups in total. The summed E-state index contributed by atoms with van der Waals surface area (Å²) in [7, 11) is 0. The predicted octanol–water partition coefficient (Wildman–Crippen LogP) is 2.87. The molecule has 1 aromatic rings. The molecule has 8 heteroatoms. The Labute approximate surface area is 119 Å². The van der Waals surface area contributed by atoms with Gasteiger partial charge in [0.1, 0.15) is 5.75 Å². The van der Waals surface area contributed by atoms with E-state index in [0.29, 0.717) is 5.69 Å². The van der Waals surface area contributed by atoms with Gasteiger partial charge in [-0.3, -0.25) is 9.59 Å². The van der Waals surface area contributed by atoms with E-state index >= 15 is 0 Å². The number of ether oxygens (including phenoxy) is 2. The number of halogens is 3. The number of hydrogen-bond donors (Lipinski definition) is 1. The van der Waals surface area contributed by atoms with Gasteiger partial charge in [-0.1, -0.05) is 0 Å². The minimum atomic E-state index is -4.76. The topological polar surface area (TPSA) is 64.6 Å². The van der Waals surface area contributed by atoms with Gasteiger partial charge >= 0.3 is 12.3 Å². The van der Waals surface area contributed by atoms with Crippen molar-refractivity contribution in [3.05, 3.63) is 24.3 Å². The second-order valence-corrected chi connectivity index (χ2v) is 3.93. The quantitative estimate of drug-likeness (QED) is 0.821. The van der Waals surface area contributed by atoms with E-state index in [4.69, 9.17) is 0 Å². The fourth-order valence-corrected chi connectivity index (χ4v) is 1.41. The molecule has 1 aromatic carbocycles. The third-order valence-electron chi connectivity index (χ3n) is 2.23. The number of rotatable bonds is 6. The third-order valence-corrected chi connectivity index (χ3v) is 2.23. The van der Waals surface area contributed by atoms with Gasteiger partial charge in [-0.15, -0.1) is 13.2 Å². The van der Waals surface area contributed by atoms with Crippen LogP contribution in [0, 0.1) is 0 Å². The molecule has 0 bridgehead atoms. The third kappa shape index (κ3) is 7.19. The molecule has 1 amide bonds. The van der Waals surface area contributed by atoms with Crippen molar-refractivity contribution >= 4 is 17.6 Å². The Morgan fingerprint density at radius 1 is 1.14 bits per heavy atom. The lowest BCUT2D eigenvalue weighted by molar-refractivity contribution is -0.274. The Balaban J connectivity index is 2.44. The van der Waals surface area contributed by atoms with Crippen molar-refractivity contribution < 1.29 is 32.2 Å². The van der Waals surface area contributed by atoms with Crippen LogP contribution in [0.3, 0.4) is 0 Å². The molecule has 0 aliphatic rings. The van der Waals surface area contributed by atoms with Gasteiger partial charge in [0.15, 0.2) is 0 Å². The van der Waals surface area contributed by atoms with E-state index in [0.717, 1.165) is 12.1 Å². The Morgan fingerprint density at radius 2 is 1.76 bits per heavy atom. The molecule has 0 heterocycles. The van der Waals surface area contributed by atoms with Gasteiger partial charge in [0.05, 0.1) is 13.0 Å². The fraction of sp³-hybridized carbons (Fsp3) is 0.385. The molecule has 0 radical (unpaired) electrons. The van der Waals surface area contributed by atoms with Crippen LogP contribution in [0.2, 0.25) is 0 Å². The molecule has 0 aromatic heterocycles. The van der Waals surface area contributed by atoms with E-state index in [2.05, 4.69) is 14.8 Å². The first-order valence-electron chi connectivity index (χ1n) is 6.11. The van der Waals surface area contributed by atoms with Gasteiger partial charge in [0.25, 0.3) is 0 Å². The second kappa shape index (κ2) is 7.51. The number of anilines is 1. The average molecular weight is 305 g/mol. The highest BCUT2D eigenvalue weighted by molar-refractivity contribution is 5.92. The van der Waals surface area contributed by atoms with E-state index in [1.165, 1.54) is 12.1 Å². The molecular weight excluding hydrogens is 291 g/mol. The van der Waals surface area contributed by atoms with E-state index in [1.807, 2.05) is 0 Å². The van der Waals surface area contributed by atoms with Crippen LogP contribution in [0.4, 0.5) is 18.9 Å². The predicted molar refractivity (Wildman–Crippen MR) is 67.6 cm³/mol. The molecule has 1 rings (SSSR count). The molecule has 0 saturated carbocycles. The van der Waals surface area contributed by atoms with Crippen LogP contribution in [-0.4, -0.2) is 24.8 Å². The smallest absolute Gasteiger partial charge is 0.466 e. The fourth-order valence-electron chi connectivity index (χ4n) is 1.41. The summed E-state index contributed by atoms with van der Waals surface area (Å²) in [6.07, 6.45) is -4.89. The molecule has 0 fully saturated rings. The summed E-state index contributed by atoms with van der Waals surface area (Å²) < 4.78 is 44.2. The van der Waals surface area contributed by atoms with Gasteiger partial charge in [-0.25, -0.2) is 0 Å². The number of benzene rings is 1. The average Bonchev–Trinajstić information content (AvgIpc) is 2.37. The number of esters is 1. The maximum atomic E-state index is 12.0. The maximum Gasteiger partial charge on any atom is 0.573 e. The van der Waals surface area contributed by atoms with Crippen LogP contribution in [0.1, 0.15) is 19.8 Å². The summed E-state index contributed by atoms with van der Waals surface area (Å²) in [6.45, 7) is 1.89. The second-order valence-electron chi connectivity index (χ2n) is 3.93. The van der Waals surface area contributed by atoms with Crippen LogP contribution in [-0.2, 0) is 14.3 Å². The highest BCUT2D eigenvalue weighted by Crippen LogP contribution is 2.23. The summed E-state index contributed by atoms with van der Waals surface area (Å²) in [5.74, 6) is -1.30. The standard InChI is InChI=1S/C13H14F3NO4/c1-2-20-12(19)8-7-11(18)17-9-3-5-10(6-4-9)21-13(14,15)16/h3-6H,2,7-8H2,1H3,(H,17,18). The molecule has 5 nitrogen and oxygen atoms in total. The van der Waals surface area contributed by atoms with E-state index in [-0.39, 0.29) is 25.2 Å². The zero-order valence-electron chi connectivity index (χ0n) is 11.2. The summed E-state index contributed by atoms with van der Waals surface area (Å²) in [5.41, 5.74) is 0.304. The van der Waals surface area contributed by atoms with Crippen molar-refractivity contribution in [2.45, 2.75) is 26.1 Å². The summed E-state index contributed by atoms with van der Waals surface area (Å²) in [5, 5.41) is 2.45. The van der Waals surface area contributed by atoms with Crippen LogP contribution >= 0.6 is 0 Å². The molecule has 0 atom stereocenters. The number of carbonyl (C=O) groups excluding carboxylic acids is 2. The number of amides is 1. The van der Waals surface area contributed by atoms with Gasteiger partial charge in [0, 0.05) is 12.1 Å². The summed E-state index contributed by atoms with van der Waals surface area (Å²) in [4.78, 5) is 22.6. The summed E-state index contributed by atoms with van der Waals surface area (Å²) >= 11 is 0. The molecule has 0 saturated heterocycles. The largest absolute Gasteiger partial charge is 0.573 e. The minimum absolute atomic E-state index is 0.0606.